The smallest absolute Gasteiger partial charge is 0.336 e. The molecule has 2 saturated heterocycles. The Hall–Kier alpha value is -4.96. The number of piperidine rings is 1. The SMILES string of the molecule is Cc1cc2c(cc1C(=O)O)NC(=O)/C2=C(/Nc1ccc(C(=O)N2CCC3(CC2)C(=O)NCCN3C)cc1)c1ccccc1. The van der Waals surface area contributed by atoms with Gasteiger partial charge in [-0.15, -0.1) is 0 Å². The third kappa shape index (κ3) is 5.03. The van der Waals surface area contributed by atoms with Crippen LogP contribution in [0.25, 0.3) is 11.3 Å². The lowest BCUT2D eigenvalue weighted by molar-refractivity contribution is -0.139. The molecule has 220 valence electrons. The lowest BCUT2D eigenvalue weighted by Gasteiger charge is -2.48. The Labute approximate surface area is 249 Å². The molecule has 0 bridgehead atoms. The fourth-order valence-electron chi connectivity index (χ4n) is 6.29. The van der Waals surface area contributed by atoms with Crippen LogP contribution in [0.1, 0.15) is 50.2 Å². The summed E-state index contributed by atoms with van der Waals surface area (Å²) < 4.78 is 0. The summed E-state index contributed by atoms with van der Waals surface area (Å²) in [5.41, 5.74) is 4.16. The fourth-order valence-corrected chi connectivity index (χ4v) is 6.29. The number of amides is 3. The number of likely N-dealkylation sites (N-methyl/N-ethyl adjacent to an activating group) is 1. The second-order valence-corrected chi connectivity index (χ2v) is 11.3. The minimum absolute atomic E-state index is 0.0446. The van der Waals surface area contributed by atoms with E-state index in [1.807, 2.05) is 37.4 Å². The van der Waals surface area contributed by atoms with E-state index < -0.39 is 11.5 Å². The van der Waals surface area contributed by atoms with Gasteiger partial charge in [0.15, 0.2) is 0 Å². The molecule has 4 N–H and O–H groups in total. The highest BCUT2D eigenvalue weighted by Crippen LogP contribution is 2.39. The molecule has 3 aromatic carbocycles. The predicted molar refractivity (Wildman–Crippen MR) is 164 cm³/mol. The number of hydrogen-bond donors (Lipinski definition) is 4. The summed E-state index contributed by atoms with van der Waals surface area (Å²) >= 11 is 0. The average molecular weight is 580 g/mol. The molecule has 2 fully saturated rings. The van der Waals surface area contributed by atoms with E-state index in [9.17, 15) is 24.3 Å². The molecule has 0 unspecified atom stereocenters. The van der Waals surface area contributed by atoms with E-state index in [2.05, 4.69) is 20.9 Å². The molecule has 0 saturated carbocycles. The minimum atomic E-state index is -1.06. The van der Waals surface area contributed by atoms with Crippen molar-refractivity contribution in [1.82, 2.24) is 15.1 Å². The summed E-state index contributed by atoms with van der Waals surface area (Å²) in [7, 11) is 1.98. The number of benzene rings is 3. The van der Waals surface area contributed by atoms with Gasteiger partial charge in [0, 0.05) is 43.0 Å². The van der Waals surface area contributed by atoms with E-state index in [4.69, 9.17) is 0 Å². The summed E-state index contributed by atoms with van der Waals surface area (Å²) in [6.45, 7) is 4.15. The van der Waals surface area contributed by atoms with E-state index in [0.29, 0.717) is 71.8 Å². The van der Waals surface area contributed by atoms with Gasteiger partial charge in [-0.25, -0.2) is 4.79 Å². The monoisotopic (exact) mass is 579 g/mol. The predicted octanol–water partition coefficient (Wildman–Crippen LogP) is 3.66. The van der Waals surface area contributed by atoms with E-state index >= 15 is 0 Å². The zero-order chi connectivity index (χ0) is 30.3. The van der Waals surface area contributed by atoms with Crippen LogP contribution in [-0.4, -0.2) is 77.4 Å². The molecule has 0 atom stereocenters. The van der Waals surface area contributed by atoms with E-state index in [1.165, 1.54) is 6.07 Å². The van der Waals surface area contributed by atoms with Gasteiger partial charge in [-0.1, -0.05) is 30.3 Å². The van der Waals surface area contributed by atoms with E-state index in [-0.39, 0.29) is 23.3 Å². The van der Waals surface area contributed by atoms with Crippen LogP contribution in [0.4, 0.5) is 11.4 Å². The highest BCUT2D eigenvalue weighted by molar-refractivity contribution is 6.37. The highest BCUT2D eigenvalue weighted by Gasteiger charge is 2.47. The van der Waals surface area contributed by atoms with Crippen molar-refractivity contribution in [1.29, 1.82) is 0 Å². The van der Waals surface area contributed by atoms with Gasteiger partial charge >= 0.3 is 5.97 Å². The number of rotatable bonds is 5. The van der Waals surface area contributed by atoms with Crippen molar-refractivity contribution in [3.05, 3.63) is 94.5 Å². The van der Waals surface area contributed by atoms with Gasteiger partial charge in [-0.3, -0.25) is 19.3 Å². The van der Waals surface area contributed by atoms with Gasteiger partial charge < -0.3 is 26.0 Å². The second-order valence-electron chi connectivity index (χ2n) is 11.3. The molecular weight excluding hydrogens is 546 g/mol. The third-order valence-corrected chi connectivity index (χ3v) is 8.82. The number of nitrogens with one attached hydrogen (secondary N) is 3. The van der Waals surface area contributed by atoms with Crippen LogP contribution in [0.5, 0.6) is 0 Å². The van der Waals surface area contributed by atoms with E-state index in [1.54, 1.807) is 42.2 Å². The Balaban J connectivity index is 1.26. The highest BCUT2D eigenvalue weighted by atomic mass is 16.4. The van der Waals surface area contributed by atoms with Crippen LogP contribution in [0.15, 0.2) is 66.7 Å². The second kappa shape index (κ2) is 11.0. The Kier molecular flexibility index (Phi) is 7.23. The molecule has 3 aliphatic rings. The van der Waals surface area contributed by atoms with Crippen LogP contribution >= 0.6 is 0 Å². The maximum Gasteiger partial charge on any atom is 0.336 e. The number of nitrogens with zero attached hydrogens (tertiary/aromatic N) is 2. The Morgan fingerprint density at radius 2 is 1.63 bits per heavy atom. The summed E-state index contributed by atoms with van der Waals surface area (Å²) in [6.07, 6.45) is 1.18. The number of likely N-dealkylation sites (tertiary alicyclic amines) is 1. The third-order valence-electron chi connectivity index (χ3n) is 8.82. The number of aryl methyl sites for hydroxylation is 1. The van der Waals surface area contributed by atoms with Gasteiger partial charge in [0.25, 0.3) is 11.8 Å². The van der Waals surface area contributed by atoms with Crippen molar-refractivity contribution in [2.24, 2.45) is 0 Å². The van der Waals surface area contributed by atoms with Crippen LogP contribution < -0.4 is 16.0 Å². The minimum Gasteiger partial charge on any atom is -0.478 e. The molecule has 0 aliphatic carbocycles. The van der Waals surface area contributed by atoms with Crippen molar-refractivity contribution in [2.45, 2.75) is 25.3 Å². The number of carbonyl (C=O) groups excluding carboxylic acids is 3. The summed E-state index contributed by atoms with van der Waals surface area (Å²) in [5.74, 6) is -1.44. The first-order valence-corrected chi connectivity index (χ1v) is 14.3. The number of carbonyl (C=O) groups is 4. The van der Waals surface area contributed by atoms with Crippen molar-refractivity contribution in [3.63, 3.8) is 0 Å². The summed E-state index contributed by atoms with van der Waals surface area (Å²) in [4.78, 5) is 54.9. The quantitative estimate of drug-likeness (QED) is 0.340. The largest absolute Gasteiger partial charge is 0.478 e. The first kappa shape index (κ1) is 28.2. The molecule has 10 nitrogen and oxygen atoms in total. The molecule has 1 spiro atoms. The molecule has 3 heterocycles. The zero-order valence-corrected chi connectivity index (χ0v) is 24.1. The number of aromatic carboxylic acids is 1. The molecular formula is C33H33N5O5. The van der Waals surface area contributed by atoms with E-state index in [0.717, 1.165) is 12.1 Å². The Bertz CT molecular complexity index is 1660. The number of fused-ring (bicyclic) bond motifs is 1. The molecule has 0 radical (unpaired) electrons. The Morgan fingerprint density at radius 1 is 0.930 bits per heavy atom. The van der Waals surface area contributed by atoms with Crippen LogP contribution in [-0.2, 0) is 9.59 Å². The normalized spacial score (nSPS) is 19.0. The standard InChI is InChI=1S/C33H33N5O5/c1-20-18-25-26(19-24(20)31(41)42)36-29(39)27(25)28(21-6-4-3-5-7-21)35-23-10-8-22(9-11-23)30(40)38-15-12-33(13-16-38)32(43)34-14-17-37(33)2/h3-11,18-19,35H,12-17H2,1-2H3,(H,34,43)(H,36,39)(H,41,42)/b28-27+. The maximum absolute atomic E-state index is 13.4. The van der Waals surface area contributed by atoms with Gasteiger partial charge in [-0.05, 0) is 74.3 Å². The molecule has 6 rings (SSSR count). The van der Waals surface area contributed by atoms with Crippen molar-refractivity contribution < 1.29 is 24.3 Å². The molecule has 0 aromatic heterocycles. The number of carboxylic acids is 1. The topological polar surface area (TPSA) is 131 Å². The van der Waals surface area contributed by atoms with Gasteiger partial charge in [-0.2, -0.15) is 0 Å². The maximum atomic E-state index is 13.4. The lowest BCUT2D eigenvalue weighted by Crippen LogP contribution is -2.67. The number of anilines is 2. The molecule has 43 heavy (non-hydrogen) atoms. The first-order valence-electron chi connectivity index (χ1n) is 14.3. The first-order chi connectivity index (χ1) is 20.7. The average Bonchev–Trinajstić information content (AvgIpc) is 3.33. The molecule has 10 heteroatoms. The molecule has 3 aliphatic heterocycles. The molecule has 3 aromatic rings. The fraction of sp³-hybridized carbons (Fsp3) is 0.273. The number of hydrogen-bond acceptors (Lipinski definition) is 6. The van der Waals surface area contributed by atoms with Crippen LogP contribution in [0.3, 0.4) is 0 Å². The van der Waals surface area contributed by atoms with Crippen molar-refractivity contribution >= 4 is 46.3 Å². The number of piperazine rings is 1. The van der Waals surface area contributed by atoms with Gasteiger partial charge in [0.2, 0.25) is 5.91 Å². The summed E-state index contributed by atoms with van der Waals surface area (Å²) in [5, 5.41) is 18.7. The van der Waals surface area contributed by atoms with Gasteiger partial charge in [0.1, 0.15) is 5.54 Å². The number of carboxylic acid groups (broad SMARTS) is 1. The lowest BCUT2D eigenvalue weighted by atomic mass is 9.83. The zero-order valence-electron chi connectivity index (χ0n) is 24.1. The summed E-state index contributed by atoms with van der Waals surface area (Å²) in [6, 6.07) is 19.8. The molecule has 3 amide bonds. The Morgan fingerprint density at radius 3 is 2.28 bits per heavy atom. The van der Waals surface area contributed by atoms with Crippen molar-refractivity contribution in [3.8, 4) is 0 Å². The van der Waals surface area contributed by atoms with Crippen LogP contribution in [0, 0.1) is 6.92 Å². The van der Waals surface area contributed by atoms with Gasteiger partial charge in [0.05, 0.1) is 22.5 Å². The van der Waals surface area contributed by atoms with Crippen LogP contribution in [0.2, 0.25) is 0 Å². The van der Waals surface area contributed by atoms with Crippen molar-refractivity contribution in [2.75, 3.05) is 43.9 Å².